The first kappa shape index (κ1) is 12.2. The summed E-state index contributed by atoms with van der Waals surface area (Å²) in [4.78, 5) is 25.4. The zero-order valence-electron chi connectivity index (χ0n) is 9.90. The topological polar surface area (TPSA) is 79.4 Å². The number of rotatable bonds is 4. The summed E-state index contributed by atoms with van der Waals surface area (Å²) in [5.41, 5.74) is 1.83. The zero-order chi connectivity index (χ0) is 13.1. The van der Waals surface area contributed by atoms with Crippen molar-refractivity contribution in [3.05, 3.63) is 35.5 Å². The lowest BCUT2D eigenvalue weighted by atomic mass is 10.1. The molecule has 0 fully saturated rings. The largest absolute Gasteiger partial charge is 0.481 e. The van der Waals surface area contributed by atoms with Crippen LogP contribution in [0.2, 0.25) is 0 Å². The molecule has 94 valence electrons. The first-order chi connectivity index (χ1) is 8.63. The third kappa shape index (κ3) is 2.20. The molecule has 1 aromatic carbocycles. The van der Waals surface area contributed by atoms with Gasteiger partial charge in [0.05, 0.1) is 19.1 Å². The number of hydrogen-bond donors (Lipinski definition) is 2. The van der Waals surface area contributed by atoms with E-state index in [1.165, 1.54) is 7.11 Å². The minimum atomic E-state index is -0.899. The highest BCUT2D eigenvalue weighted by molar-refractivity contribution is 6.05. The van der Waals surface area contributed by atoms with Gasteiger partial charge < -0.3 is 14.8 Å². The molecule has 0 bridgehead atoms. The van der Waals surface area contributed by atoms with Crippen LogP contribution in [-0.4, -0.2) is 29.1 Å². The molecule has 2 aromatic rings. The van der Waals surface area contributed by atoms with E-state index in [0.29, 0.717) is 11.3 Å². The highest BCUT2D eigenvalue weighted by atomic mass is 16.5. The predicted octanol–water partition coefficient (Wildman–Crippen LogP) is 1.97. The number of aromatic amines is 1. The lowest BCUT2D eigenvalue weighted by molar-refractivity contribution is -0.136. The van der Waals surface area contributed by atoms with Gasteiger partial charge in [-0.15, -0.1) is 0 Å². The van der Waals surface area contributed by atoms with E-state index in [2.05, 4.69) is 4.98 Å². The van der Waals surface area contributed by atoms with E-state index in [1.54, 1.807) is 0 Å². The summed E-state index contributed by atoms with van der Waals surface area (Å²) in [5.74, 6) is -1.35. The maximum absolute atomic E-state index is 11.8. The number of carbonyl (C=O) groups excluding carboxylic acids is 1. The van der Waals surface area contributed by atoms with Crippen LogP contribution in [0.5, 0.6) is 0 Å². The summed E-state index contributed by atoms with van der Waals surface area (Å²) >= 11 is 0. The van der Waals surface area contributed by atoms with Crippen LogP contribution in [0.1, 0.15) is 22.5 Å². The summed E-state index contributed by atoms with van der Waals surface area (Å²) in [7, 11) is 1.31. The molecule has 1 aromatic heterocycles. The molecular formula is C13H13NO4. The van der Waals surface area contributed by atoms with Crippen molar-refractivity contribution in [2.24, 2.45) is 0 Å². The molecule has 0 radical (unpaired) electrons. The smallest absolute Gasteiger partial charge is 0.340 e. The van der Waals surface area contributed by atoms with E-state index in [1.807, 2.05) is 24.3 Å². The average Bonchev–Trinajstić information content (AvgIpc) is 2.73. The number of benzene rings is 1. The molecule has 0 aliphatic rings. The van der Waals surface area contributed by atoms with Crippen LogP contribution in [0.3, 0.4) is 0 Å². The number of carboxylic acids is 1. The van der Waals surface area contributed by atoms with Crippen LogP contribution in [0, 0.1) is 0 Å². The average molecular weight is 247 g/mol. The number of carboxylic acid groups (broad SMARTS) is 1. The molecular weight excluding hydrogens is 234 g/mol. The number of aryl methyl sites for hydroxylation is 1. The molecule has 0 saturated carbocycles. The second kappa shape index (κ2) is 4.91. The Labute approximate surface area is 103 Å². The fourth-order valence-electron chi connectivity index (χ4n) is 1.95. The third-order valence-corrected chi connectivity index (χ3v) is 2.76. The number of aliphatic carboxylic acids is 1. The summed E-state index contributed by atoms with van der Waals surface area (Å²) in [6.45, 7) is 0. The fourth-order valence-corrected chi connectivity index (χ4v) is 1.95. The monoisotopic (exact) mass is 247 g/mol. The van der Waals surface area contributed by atoms with Gasteiger partial charge in [0.1, 0.15) is 0 Å². The maximum atomic E-state index is 11.8. The lowest BCUT2D eigenvalue weighted by Gasteiger charge is -2.01. The molecule has 0 atom stereocenters. The predicted molar refractivity (Wildman–Crippen MR) is 65.6 cm³/mol. The van der Waals surface area contributed by atoms with Crippen LogP contribution in [0.25, 0.3) is 10.9 Å². The Morgan fingerprint density at radius 2 is 2.06 bits per heavy atom. The van der Waals surface area contributed by atoms with E-state index in [0.717, 1.165) is 10.9 Å². The van der Waals surface area contributed by atoms with E-state index in [4.69, 9.17) is 9.84 Å². The molecule has 0 aliphatic carbocycles. The number of H-pyrrole nitrogens is 1. The Hall–Kier alpha value is -2.30. The van der Waals surface area contributed by atoms with Gasteiger partial charge in [0, 0.05) is 16.6 Å². The van der Waals surface area contributed by atoms with E-state index < -0.39 is 11.9 Å². The van der Waals surface area contributed by atoms with Crippen LogP contribution in [0.15, 0.2) is 24.3 Å². The quantitative estimate of drug-likeness (QED) is 0.809. The van der Waals surface area contributed by atoms with E-state index in [-0.39, 0.29) is 12.8 Å². The molecule has 0 aliphatic heterocycles. The number of para-hydroxylation sites is 1. The highest BCUT2D eigenvalue weighted by Gasteiger charge is 2.18. The number of nitrogens with one attached hydrogen (secondary N) is 1. The second-order valence-electron chi connectivity index (χ2n) is 3.91. The minimum Gasteiger partial charge on any atom is -0.481 e. The molecule has 5 nitrogen and oxygen atoms in total. The second-order valence-corrected chi connectivity index (χ2v) is 3.91. The fraction of sp³-hybridized carbons (Fsp3) is 0.231. The summed E-state index contributed by atoms with van der Waals surface area (Å²) in [5, 5.41) is 9.46. The summed E-state index contributed by atoms with van der Waals surface area (Å²) in [6.07, 6.45) is 0.241. The van der Waals surface area contributed by atoms with Crippen molar-refractivity contribution in [3.8, 4) is 0 Å². The van der Waals surface area contributed by atoms with Crippen molar-refractivity contribution < 1.29 is 19.4 Å². The van der Waals surface area contributed by atoms with Gasteiger partial charge in [-0.1, -0.05) is 18.2 Å². The van der Waals surface area contributed by atoms with Crippen LogP contribution >= 0.6 is 0 Å². The molecule has 5 heteroatoms. The van der Waals surface area contributed by atoms with Crippen LogP contribution in [0.4, 0.5) is 0 Å². The van der Waals surface area contributed by atoms with Crippen molar-refractivity contribution in [2.45, 2.75) is 12.8 Å². The van der Waals surface area contributed by atoms with Crippen molar-refractivity contribution in [1.29, 1.82) is 0 Å². The van der Waals surface area contributed by atoms with Gasteiger partial charge in [-0.2, -0.15) is 0 Å². The normalized spacial score (nSPS) is 10.5. The van der Waals surface area contributed by atoms with E-state index >= 15 is 0 Å². The van der Waals surface area contributed by atoms with Gasteiger partial charge in [-0.05, 0) is 12.5 Å². The Balaban J connectivity index is 2.49. The molecule has 1 heterocycles. The lowest BCUT2D eigenvalue weighted by Crippen LogP contribution is -2.06. The van der Waals surface area contributed by atoms with Gasteiger partial charge in [-0.3, -0.25) is 4.79 Å². The maximum Gasteiger partial charge on any atom is 0.340 e. The summed E-state index contributed by atoms with van der Waals surface area (Å²) in [6, 6.07) is 7.32. The number of hydrogen-bond acceptors (Lipinski definition) is 3. The molecule has 2 rings (SSSR count). The molecule has 0 saturated heterocycles. The minimum absolute atomic E-state index is 0.0309. The number of carbonyl (C=O) groups is 2. The summed E-state index contributed by atoms with van der Waals surface area (Å²) < 4.78 is 4.74. The molecule has 0 spiro atoms. The van der Waals surface area contributed by atoms with Gasteiger partial charge in [0.15, 0.2) is 0 Å². The number of ether oxygens (including phenoxy) is 1. The Kier molecular flexibility index (Phi) is 3.32. The van der Waals surface area contributed by atoms with Gasteiger partial charge in [0.2, 0.25) is 0 Å². The van der Waals surface area contributed by atoms with E-state index in [9.17, 15) is 9.59 Å². The van der Waals surface area contributed by atoms with Crippen molar-refractivity contribution in [1.82, 2.24) is 4.98 Å². The van der Waals surface area contributed by atoms with Gasteiger partial charge >= 0.3 is 11.9 Å². The van der Waals surface area contributed by atoms with Crippen molar-refractivity contribution in [3.63, 3.8) is 0 Å². The SMILES string of the molecule is COC(=O)c1c(CCC(=O)O)[nH]c2ccccc12. The zero-order valence-corrected chi connectivity index (χ0v) is 9.90. The third-order valence-electron chi connectivity index (χ3n) is 2.76. The van der Waals surface area contributed by atoms with Crippen LogP contribution < -0.4 is 0 Å². The Morgan fingerprint density at radius 3 is 2.72 bits per heavy atom. The first-order valence-electron chi connectivity index (χ1n) is 5.53. The van der Waals surface area contributed by atoms with Crippen molar-refractivity contribution in [2.75, 3.05) is 7.11 Å². The number of methoxy groups -OCH3 is 1. The first-order valence-corrected chi connectivity index (χ1v) is 5.53. The van der Waals surface area contributed by atoms with Gasteiger partial charge in [0.25, 0.3) is 0 Å². The molecule has 2 N–H and O–H groups in total. The standard InChI is InChI=1S/C13H13NO4/c1-18-13(17)12-8-4-2-3-5-9(8)14-10(12)6-7-11(15)16/h2-5,14H,6-7H2,1H3,(H,15,16). The van der Waals surface area contributed by atoms with Crippen molar-refractivity contribution >= 4 is 22.8 Å². The molecule has 0 unspecified atom stereocenters. The highest BCUT2D eigenvalue weighted by Crippen LogP contribution is 2.24. The number of esters is 1. The van der Waals surface area contributed by atoms with Gasteiger partial charge in [-0.25, -0.2) is 4.79 Å². The Morgan fingerprint density at radius 1 is 1.33 bits per heavy atom. The van der Waals surface area contributed by atoms with Crippen LogP contribution in [-0.2, 0) is 16.0 Å². The number of aromatic nitrogens is 1. The molecule has 18 heavy (non-hydrogen) atoms. The molecule has 0 amide bonds. The Bertz CT molecular complexity index is 600. The number of fused-ring (bicyclic) bond motifs is 1.